The van der Waals surface area contributed by atoms with Gasteiger partial charge in [0.05, 0.1) is 0 Å². The van der Waals surface area contributed by atoms with Crippen molar-refractivity contribution in [2.45, 2.75) is 215 Å². The normalized spacial score (nSPS) is 31.8. The molecule has 0 aliphatic heterocycles. The highest BCUT2D eigenvalue weighted by molar-refractivity contribution is 5.69. The zero-order valence-corrected chi connectivity index (χ0v) is 35.0. The number of allylic oxidation sites excluding steroid dienone is 5. The number of carbonyl (C=O) groups excluding carboxylic acids is 1. The van der Waals surface area contributed by atoms with Crippen LogP contribution in [-0.2, 0) is 9.53 Å². The van der Waals surface area contributed by atoms with Gasteiger partial charge in [-0.15, -0.1) is 0 Å². The Kier molecular flexibility index (Phi) is 17.9. The summed E-state index contributed by atoms with van der Waals surface area (Å²) in [5, 5.41) is 0. The van der Waals surface area contributed by atoms with Crippen molar-refractivity contribution >= 4 is 5.97 Å². The van der Waals surface area contributed by atoms with E-state index in [2.05, 4.69) is 78.8 Å². The first kappa shape index (κ1) is 42.4. The van der Waals surface area contributed by atoms with Gasteiger partial charge in [-0.2, -0.15) is 0 Å². The Bertz CT molecular complexity index is 1100. The van der Waals surface area contributed by atoms with Crippen molar-refractivity contribution in [2.75, 3.05) is 0 Å². The van der Waals surface area contributed by atoms with E-state index in [4.69, 9.17) is 4.74 Å². The molecule has 2 nitrogen and oxygen atoms in total. The fourth-order valence-electron chi connectivity index (χ4n) is 11.6. The number of fused-ring (bicyclic) bond motifs is 5. The third kappa shape index (κ3) is 12.1. The predicted molar refractivity (Wildman–Crippen MR) is 221 cm³/mol. The van der Waals surface area contributed by atoms with Gasteiger partial charge >= 0.3 is 5.97 Å². The van der Waals surface area contributed by atoms with Gasteiger partial charge in [0.1, 0.15) is 6.10 Å². The summed E-state index contributed by atoms with van der Waals surface area (Å²) in [5.41, 5.74) is 2.50. The smallest absolute Gasteiger partial charge is 0.306 e. The largest absolute Gasteiger partial charge is 0.462 e. The van der Waals surface area contributed by atoms with Gasteiger partial charge in [0.25, 0.3) is 0 Å². The number of unbranched alkanes of at least 4 members (excludes halogenated alkanes) is 12. The molecule has 0 heterocycles. The van der Waals surface area contributed by atoms with Crippen LogP contribution in [0.25, 0.3) is 0 Å². The molecule has 0 amide bonds. The average molecular weight is 705 g/mol. The van der Waals surface area contributed by atoms with Crippen molar-refractivity contribution in [3.8, 4) is 0 Å². The van der Waals surface area contributed by atoms with Crippen LogP contribution >= 0.6 is 0 Å². The Balaban J connectivity index is 1.09. The number of hydrogen-bond donors (Lipinski definition) is 0. The first-order chi connectivity index (χ1) is 24.6. The summed E-state index contributed by atoms with van der Waals surface area (Å²) >= 11 is 0. The van der Waals surface area contributed by atoms with Crippen LogP contribution in [0.1, 0.15) is 209 Å². The maximum Gasteiger partial charge on any atom is 0.306 e. The SMILES string of the molecule is CCCCCCCCC/C=C/C=C/CCCCCCCC(=O)OC1CCC2(C)C(=CCC3C2CCC2(C)C(C(C)CCC(C)C(C)C)CCC32)C1. The lowest BCUT2D eigenvalue weighted by atomic mass is 9.47. The van der Waals surface area contributed by atoms with E-state index in [1.807, 2.05) is 0 Å². The third-order valence-corrected chi connectivity index (χ3v) is 15.4. The maximum atomic E-state index is 12.9. The molecule has 51 heavy (non-hydrogen) atoms. The Hall–Kier alpha value is -1.31. The van der Waals surface area contributed by atoms with E-state index in [0.29, 0.717) is 17.3 Å². The summed E-state index contributed by atoms with van der Waals surface area (Å²) in [6.07, 6.45) is 43.5. The molecule has 4 rings (SSSR count). The summed E-state index contributed by atoms with van der Waals surface area (Å²) in [5.74, 6) is 6.06. The van der Waals surface area contributed by atoms with Crippen LogP contribution in [0, 0.1) is 52.3 Å². The van der Waals surface area contributed by atoms with E-state index in [9.17, 15) is 4.79 Å². The zero-order valence-electron chi connectivity index (χ0n) is 35.0. The molecule has 0 aromatic heterocycles. The molecule has 0 radical (unpaired) electrons. The molecule has 4 aliphatic carbocycles. The third-order valence-electron chi connectivity index (χ3n) is 15.4. The second-order valence-electron chi connectivity index (χ2n) is 19.2. The predicted octanol–water partition coefficient (Wildman–Crippen LogP) is 15.2. The molecule has 0 N–H and O–H groups in total. The van der Waals surface area contributed by atoms with Gasteiger partial charge in [0.15, 0.2) is 0 Å². The monoisotopic (exact) mass is 705 g/mol. The van der Waals surface area contributed by atoms with Crippen LogP contribution in [-0.4, -0.2) is 12.1 Å². The van der Waals surface area contributed by atoms with Crippen molar-refractivity contribution in [1.82, 2.24) is 0 Å². The van der Waals surface area contributed by atoms with Crippen LogP contribution in [0.2, 0.25) is 0 Å². The van der Waals surface area contributed by atoms with Crippen LogP contribution in [0.4, 0.5) is 0 Å². The van der Waals surface area contributed by atoms with Gasteiger partial charge in [0.2, 0.25) is 0 Å². The lowest BCUT2D eigenvalue weighted by molar-refractivity contribution is -0.151. The summed E-state index contributed by atoms with van der Waals surface area (Å²) in [6, 6.07) is 0. The topological polar surface area (TPSA) is 26.3 Å². The van der Waals surface area contributed by atoms with Crippen molar-refractivity contribution in [3.63, 3.8) is 0 Å². The van der Waals surface area contributed by atoms with Gasteiger partial charge in [-0.3, -0.25) is 4.79 Å². The lowest BCUT2D eigenvalue weighted by Crippen LogP contribution is -2.51. The van der Waals surface area contributed by atoms with Crippen LogP contribution < -0.4 is 0 Å². The second-order valence-corrected chi connectivity index (χ2v) is 19.2. The van der Waals surface area contributed by atoms with Gasteiger partial charge in [-0.1, -0.05) is 155 Å². The van der Waals surface area contributed by atoms with E-state index < -0.39 is 0 Å². The van der Waals surface area contributed by atoms with E-state index in [1.165, 1.54) is 128 Å². The average Bonchev–Trinajstić information content (AvgIpc) is 3.47. The maximum absolute atomic E-state index is 12.9. The second kappa shape index (κ2) is 21.5. The quantitative estimate of drug-likeness (QED) is 0.0458. The van der Waals surface area contributed by atoms with Gasteiger partial charge < -0.3 is 4.74 Å². The van der Waals surface area contributed by atoms with E-state index >= 15 is 0 Å². The molecule has 0 bridgehead atoms. The molecule has 9 atom stereocenters. The highest BCUT2D eigenvalue weighted by Crippen LogP contribution is 2.67. The molecule has 3 fully saturated rings. The highest BCUT2D eigenvalue weighted by atomic mass is 16.5. The molecule has 9 unspecified atom stereocenters. The summed E-state index contributed by atoms with van der Waals surface area (Å²) in [7, 11) is 0. The highest BCUT2D eigenvalue weighted by Gasteiger charge is 2.59. The summed E-state index contributed by atoms with van der Waals surface area (Å²) in [6.45, 7) is 17.4. The number of rotatable bonds is 23. The van der Waals surface area contributed by atoms with Gasteiger partial charge in [0, 0.05) is 12.8 Å². The molecule has 4 aliphatic rings. The van der Waals surface area contributed by atoms with Gasteiger partial charge in [-0.25, -0.2) is 0 Å². The summed E-state index contributed by atoms with van der Waals surface area (Å²) in [4.78, 5) is 12.9. The molecular weight excluding hydrogens is 621 g/mol. The minimum absolute atomic E-state index is 0.0476. The minimum Gasteiger partial charge on any atom is -0.462 e. The van der Waals surface area contributed by atoms with E-state index in [-0.39, 0.29) is 12.1 Å². The van der Waals surface area contributed by atoms with Crippen LogP contribution in [0.15, 0.2) is 36.0 Å². The van der Waals surface area contributed by atoms with E-state index in [0.717, 1.165) is 67.1 Å². The van der Waals surface area contributed by atoms with Crippen LogP contribution in [0.3, 0.4) is 0 Å². The fraction of sp³-hybridized carbons (Fsp3) is 0.857. The number of ether oxygens (including phenoxy) is 1. The van der Waals surface area contributed by atoms with Crippen molar-refractivity contribution in [2.24, 2.45) is 52.3 Å². The molecule has 0 spiro atoms. The molecule has 0 aromatic rings. The van der Waals surface area contributed by atoms with Crippen molar-refractivity contribution in [3.05, 3.63) is 36.0 Å². The molecule has 292 valence electrons. The lowest BCUT2D eigenvalue weighted by Gasteiger charge is -2.58. The summed E-state index contributed by atoms with van der Waals surface area (Å²) < 4.78 is 6.14. The van der Waals surface area contributed by atoms with Crippen molar-refractivity contribution < 1.29 is 9.53 Å². The number of carbonyl (C=O) groups is 1. The first-order valence-electron chi connectivity index (χ1n) is 22.8. The number of esters is 1. The first-order valence-corrected chi connectivity index (χ1v) is 22.8. The molecule has 0 saturated heterocycles. The molecular formula is C49H84O2. The van der Waals surface area contributed by atoms with E-state index in [1.54, 1.807) is 5.57 Å². The Morgan fingerprint density at radius 2 is 1.43 bits per heavy atom. The standard InChI is InChI=1S/C49H84O2/c1-8-9-10-11-12-13-14-15-16-17-18-19-20-21-22-23-24-25-26-47(50)51-42-33-35-48(6)41(37-42)29-30-43-45-32-31-44(49(45,7)36-34-46(43)48)40(5)28-27-39(4)38(2)3/h16-19,29,38-40,42-46H,8-15,20-28,30-37H2,1-7H3/b17-16+,19-18+. The number of hydrogen-bond acceptors (Lipinski definition) is 2. The molecule has 2 heteroatoms. The van der Waals surface area contributed by atoms with Crippen molar-refractivity contribution in [1.29, 1.82) is 0 Å². The molecule has 3 saturated carbocycles. The Morgan fingerprint density at radius 3 is 2.10 bits per heavy atom. The Morgan fingerprint density at radius 1 is 0.784 bits per heavy atom. The molecule has 0 aromatic carbocycles. The zero-order chi connectivity index (χ0) is 36.7. The van der Waals surface area contributed by atoms with Crippen LogP contribution in [0.5, 0.6) is 0 Å². The van der Waals surface area contributed by atoms with Gasteiger partial charge in [-0.05, 0) is 129 Å². The Labute approximate surface area is 317 Å². The fourth-order valence-corrected chi connectivity index (χ4v) is 11.6. The minimum atomic E-state index is 0.0476.